The SMILES string of the molecule is Cc1cccc(NC(=O)c2cncc(C(=O)NCCc3ccccc3F)c2)c1. The number of aryl methyl sites for hydroxylation is 1. The minimum atomic E-state index is -0.367. The van der Waals surface area contributed by atoms with Crippen molar-refractivity contribution >= 4 is 17.5 Å². The largest absolute Gasteiger partial charge is 0.352 e. The highest BCUT2D eigenvalue weighted by molar-refractivity contribution is 6.05. The quantitative estimate of drug-likeness (QED) is 0.687. The van der Waals surface area contributed by atoms with E-state index in [1.807, 2.05) is 25.1 Å². The first-order valence-electron chi connectivity index (χ1n) is 8.87. The summed E-state index contributed by atoms with van der Waals surface area (Å²) in [5.41, 5.74) is 2.78. The lowest BCUT2D eigenvalue weighted by atomic mass is 10.1. The molecule has 2 amide bonds. The van der Waals surface area contributed by atoms with Gasteiger partial charge in [0.25, 0.3) is 11.8 Å². The molecule has 1 heterocycles. The Morgan fingerprint density at radius 3 is 2.46 bits per heavy atom. The maximum Gasteiger partial charge on any atom is 0.257 e. The number of nitrogens with zero attached hydrogens (tertiary/aromatic N) is 1. The Hall–Kier alpha value is -3.54. The first-order valence-corrected chi connectivity index (χ1v) is 8.87. The van der Waals surface area contributed by atoms with Crippen LogP contribution in [0.1, 0.15) is 31.8 Å². The number of rotatable bonds is 6. The van der Waals surface area contributed by atoms with Crippen molar-refractivity contribution in [3.63, 3.8) is 0 Å². The second-order valence-corrected chi connectivity index (χ2v) is 6.38. The topological polar surface area (TPSA) is 71.1 Å². The minimum absolute atomic E-state index is 0.269. The molecule has 0 aliphatic heterocycles. The van der Waals surface area contributed by atoms with E-state index in [1.54, 1.807) is 24.3 Å². The van der Waals surface area contributed by atoms with Crippen LogP contribution in [-0.2, 0) is 6.42 Å². The summed E-state index contributed by atoms with van der Waals surface area (Å²) in [5.74, 6) is -1.01. The highest BCUT2D eigenvalue weighted by Gasteiger charge is 2.12. The Kier molecular flexibility index (Phi) is 6.11. The molecule has 0 saturated carbocycles. The number of amides is 2. The van der Waals surface area contributed by atoms with Crippen molar-refractivity contribution in [1.82, 2.24) is 10.3 Å². The van der Waals surface area contributed by atoms with Crippen LogP contribution in [-0.4, -0.2) is 23.3 Å². The zero-order valence-corrected chi connectivity index (χ0v) is 15.4. The first kappa shape index (κ1) is 19.2. The number of anilines is 1. The Morgan fingerprint density at radius 2 is 1.71 bits per heavy atom. The van der Waals surface area contributed by atoms with E-state index in [4.69, 9.17) is 0 Å². The highest BCUT2D eigenvalue weighted by atomic mass is 19.1. The van der Waals surface area contributed by atoms with Crippen molar-refractivity contribution in [1.29, 1.82) is 0 Å². The fraction of sp³-hybridized carbons (Fsp3) is 0.136. The van der Waals surface area contributed by atoms with Crippen molar-refractivity contribution in [3.05, 3.63) is 95.1 Å². The van der Waals surface area contributed by atoms with Gasteiger partial charge in [0, 0.05) is 24.6 Å². The van der Waals surface area contributed by atoms with E-state index >= 15 is 0 Å². The lowest BCUT2D eigenvalue weighted by Crippen LogP contribution is -2.26. The third-order valence-electron chi connectivity index (χ3n) is 4.18. The van der Waals surface area contributed by atoms with Crippen LogP contribution in [0.2, 0.25) is 0 Å². The zero-order valence-electron chi connectivity index (χ0n) is 15.4. The van der Waals surface area contributed by atoms with E-state index in [9.17, 15) is 14.0 Å². The number of benzene rings is 2. The predicted octanol–water partition coefficient (Wildman–Crippen LogP) is 3.75. The number of carbonyl (C=O) groups excluding carboxylic acids is 2. The molecule has 1 aromatic heterocycles. The summed E-state index contributed by atoms with van der Waals surface area (Å²) in [7, 11) is 0. The van der Waals surface area contributed by atoms with Crippen molar-refractivity contribution in [2.45, 2.75) is 13.3 Å². The van der Waals surface area contributed by atoms with Gasteiger partial charge in [-0.2, -0.15) is 0 Å². The lowest BCUT2D eigenvalue weighted by molar-refractivity contribution is 0.0953. The van der Waals surface area contributed by atoms with Gasteiger partial charge in [-0.05, 0) is 48.7 Å². The fourth-order valence-corrected chi connectivity index (χ4v) is 2.73. The molecule has 0 aliphatic carbocycles. The van der Waals surface area contributed by atoms with Crippen LogP contribution in [0.4, 0.5) is 10.1 Å². The van der Waals surface area contributed by atoms with Crippen molar-refractivity contribution in [2.75, 3.05) is 11.9 Å². The standard InChI is InChI=1S/C22H20FN3O2/c1-15-5-4-7-19(11-15)26-22(28)18-12-17(13-24-14-18)21(27)25-10-9-16-6-2-3-8-20(16)23/h2-8,11-14H,9-10H2,1H3,(H,25,27)(H,26,28). The monoisotopic (exact) mass is 377 g/mol. The van der Waals surface area contributed by atoms with Crippen molar-refractivity contribution < 1.29 is 14.0 Å². The molecule has 0 fully saturated rings. The van der Waals surface area contributed by atoms with Crippen LogP contribution >= 0.6 is 0 Å². The summed E-state index contributed by atoms with van der Waals surface area (Å²) in [6, 6.07) is 15.3. The van der Waals surface area contributed by atoms with Gasteiger partial charge in [-0.3, -0.25) is 14.6 Å². The molecule has 3 rings (SSSR count). The molecule has 28 heavy (non-hydrogen) atoms. The Balaban J connectivity index is 1.61. The summed E-state index contributed by atoms with van der Waals surface area (Å²) in [5, 5.41) is 5.50. The molecule has 0 unspecified atom stereocenters. The first-order chi connectivity index (χ1) is 13.5. The molecular formula is C22H20FN3O2. The Morgan fingerprint density at radius 1 is 0.964 bits per heavy atom. The summed E-state index contributed by atoms with van der Waals surface area (Å²) in [6.45, 7) is 2.21. The van der Waals surface area contributed by atoms with Crippen LogP contribution < -0.4 is 10.6 Å². The Bertz CT molecular complexity index is 1000. The van der Waals surface area contributed by atoms with Crippen molar-refractivity contribution in [2.24, 2.45) is 0 Å². The highest BCUT2D eigenvalue weighted by Crippen LogP contribution is 2.12. The van der Waals surface area contributed by atoms with Gasteiger partial charge in [0.05, 0.1) is 11.1 Å². The van der Waals surface area contributed by atoms with E-state index in [1.165, 1.54) is 24.5 Å². The van der Waals surface area contributed by atoms with Gasteiger partial charge in [-0.15, -0.1) is 0 Å². The second-order valence-electron chi connectivity index (χ2n) is 6.38. The molecule has 0 bridgehead atoms. The van der Waals surface area contributed by atoms with Crippen LogP contribution in [0.25, 0.3) is 0 Å². The van der Waals surface area contributed by atoms with Crippen LogP contribution in [0.5, 0.6) is 0 Å². The van der Waals surface area contributed by atoms with Crippen LogP contribution in [0.15, 0.2) is 67.0 Å². The van der Waals surface area contributed by atoms with Gasteiger partial charge in [0.15, 0.2) is 0 Å². The Labute approximate surface area is 162 Å². The third-order valence-corrected chi connectivity index (χ3v) is 4.18. The minimum Gasteiger partial charge on any atom is -0.352 e. The summed E-state index contributed by atoms with van der Waals surface area (Å²) in [4.78, 5) is 28.7. The normalized spacial score (nSPS) is 10.4. The lowest BCUT2D eigenvalue weighted by Gasteiger charge is -2.08. The van der Waals surface area contributed by atoms with Crippen LogP contribution in [0.3, 0.4) is 0 Å². The number of hydrogen-bond donors (Lipinski definition) is 2. The molecule has 0 atom stereocenters. The summed E-state index contributed by atoms with van der Waals surface area (Å²) in [6.07, 6.45) is 3.17. The summed E-state index contributed by atoms with van der Waals surface area (Å²) >= 11 is 0. The molecular weight excluding hydrogens is 357 g/mol. The van der Waals surface area contributed by atoms with E-state index in [0.29, 0.717) is 17.7 Å². The molecule has 0 radical (unpaired) electrons. The molecule has 5 nitrogen and oxygen atoms in total. The third kappa shape index (κ3) is 5.01. The van der Waals surface area contributed by atoms with Crippen LogP contribution in [0, 0.1) is 12.7 Å². The molecule has 6 heteroatoms. The molecule has 0 saturated heterocycles. The molecule has 3 aromatic rings. The predicted molar refractivity (Wildman–Crippen MR) is 106 cm³/mol. The zero-order chi connectivity index (χ0) is 19.9. The smallest absolute Gasteiger partial charge is 0.257 e. The van der Waals surface area contributed by atoms with Gasteiger partial charge in [0.1, 0.15) is 5.82 Å². The van der Waals surface area contributed by atoms with E-state index in [2.05, 4.69) is 15.6 Å². The molecule has 2 N–H and O–H groups in total. The number of hydrogen-bond acceptors (Lipinski definition) is 3. The fourth-order valence-electron chi connectivity index (χ4n) is 2.73. The average Bonchev–Trinajstić information content (AvgIpc) is 2.69. The maximum absolute atomic E-state index is 13.6. The molecule has 0 spiro atoms. The average molecular weight is 377 g/mol. The van der Waals surface area contributed by atoms with Crippen molar-refractivity contribution in [3.8, 4) is 0 Å². The molecule has 2 aromatic carbocycles. The van der Waals surface area contributed by atoms with E-state index < -0.39 is 0 Å². The number of carbonyl (C=O) groups is 2. The molecule has 0 aliphatic rings. The van der Waals surface area contributed by atoms with Gasteiger partial charge in [-0.25, -0.2) is 4.39 Å². The number of aromatic nitrogens is 1. The second kappa shape index (κ2) is 8.90. The summed E-state index contributed by atoms with van der Waals surface area (Å²) < 4.78 is 13.6. The van der Waals surface area contributed by atoms with Gasteiger partial charge in [-0.1, -0.05) is 30.3 Å². The van der Waals surface area contributed by atoms with Gasteiger partial charge in [0.2, 0.25) is 0 Å². The van der Waals surface area contributed by atoms with E-state index in [0.717, 1.165) is 5.56 Å². The van der Waals surface area contributed by atoms with E-state index in [-0.39, 0.29) is 35.3 Å². The molecule has 142 valence electrons. The van der Waals surface area contributed by atoms with Gasteiger partial charge < -0.3 is 10.6 Å². The maximum atomic E-state index is 13.6. The number of halogens is 1. The van der Waals surface area contributed by atoms with Gasteiger partial charge >= 0.3 is 0 Å². The number of pyridine rings is 1. The number of nitrogens with one attached hydrogen (secondary N) is 2.